The summed E-state index contributed by atoms with van der Waals surface area (Å²) in [5, 5.41) is 41.1. The second-order valence-electron chi connectivity index (χ2n) is 3.73. The maximum absolute atomic E-state index is 12.8. The highest BCUT2D eigenvalue weighted by atomic mass is 19.3. The van der Waals surface area contributed by atoms with Crippen molar-refractivity contribution in [2.24, 2.45) is 0 Å². The molecule has 0 atom stereocenters. The van der Waals surface area contributed by atoms with Gasteiger partial charge in [-0.2, -0.15) is 0 Å². The van der Waals surface area contributed by atoms with Crippen LogP contribution in [0, 0.1) is 20.2 Å². The molecule has 0 saturated carbocycles. The quantitative estimate of drug-likeness (QED) is 0.167. The van der Waals surface area contributed by atoms with Gasteiger partial charge in [-0.25, -0.2) is 0 Å². The van der Waals surface area contributed by atoms with Crippen molar-refractivity contribution in [1.29, 1.82) is 0 Å². The Kier molecular flexibility index (Phi) is 5.51. The lowest BCUT2D eigenvalue weighted by Crippen LogP contribution is -2.39. The van der Waals surface area contributed by atoms with Crippen molar-refractivity contribution in [3.05, 3.63) is 31.4 Å². The number of aliphatic carboxylic acids is 2. The minimum Gasteiger partial charge on any atom is -0.545 e. The van der Waals surface area contributed by atoms with E-state index >= 15 is 0 Å². The van der Waals surface area contributed by atoms with Crippen LogP contribution in [-0.4, -0.2) is 33.9 Å². The molecule has 0 N–H and O–H groups in total. The molecule has 10 nitrogen and oxygen atoms in total. The molecule has 0 aliphatic heterocycles. The molecule has 0 unspecified atom stereocenters. The predicted molar refractivity (Wildman–Crippen MR) is 50.2 cm³/mol. The van der Waals surface area contributed by atoms with E-state index in [0.29, 0.717) is 0 Å². The molecule has 124 valence electrons. The molecule has 0 aromatic heterocycles. The molecule has 0 fully saturated rings. The third-order valence-corrected chi connectivity index (χ3v) is 2.17. The fourth-order valence-electron chi connectivity index (χ4n) is 1.16. The zero-order chi connectivity index (χ0) is 17.9. The van der Waals surface area contributed by atoms with Crippen molar-refractivity contribution in [2.75, 3.05) is 0 Å². The molecule has 0 aromatic carbocycles. The van der Waals surface area contributed by atoms with Gasteiger partial charge in [0.15, 0.2) is 0 Å². The third-order valence-electron chi connectivity index (χ3n) is 2.17. The Hall–Kier alpha value is -2.80. The number of halogens is 4. The van der Waals surface area contributed by atoms with Crippen LogP contribution in [0.4, 0.5) is 17.6 Å². The van der Waals surface area contributed by atoms with E-state index in [4.69, 9.17) is 0 Å². The van der Waals surface area contributed by atoms with E-state index in [1.807, 2.05) is 0 Å². The number of carboxylic acid groups (broad SMARTS) is 2. The van der Waals surface area contributed by atoms with Crippen LogP contribution in [0.1, 0.15) is 12.8 Å². The first-order valence-corrected chi connectivity index (χ1v) is 4.91. The van der Waals surface area contributed by atoms with Gasteiger partial charge in [0, 0.05) is 0 Å². The lowest BCUT2D eigenvalue weighted by atomic mass is 10.0. The van der Waals surface area contributed by atoms with E-state index in [1.165, 1.54) is 0 Å². The molecule has 0 aliphatic rings. The maximum Gasteiger partial charge on any atom is 0.514 e. The Morgan fingerprint density at radius 3 is 1.14 bits per heavy atom. The Morgan fingerprint density at radius 1 is 0.773 bits per heavy atom. The molecule has 0 radical (unpaired) electrons. The second kappa shape index (κ2) is 6.31. The van der Waals surface area contributed by atoms with Gasteiger partial charge in [0.25, 0.3) is 0 Å². The zero-order valence-corrected chi connectivity index (χ0v) is 10.1. The van der Waals surface area contributed by atoms with Gasteiger partial charge in [0.2, 0.25) is 0 Å². The SMILES string of the molecule is O=C([O-])C(CC(F)(F)[N+](=O)[O-])=C(CC(F)(F)[N+](=O)[O-])C(=O)[O-]. The standard InChI is InChI=1S/C8H6F4N2O8/c9-7(10,13(19)20)1-3(5(15)16)4(6(17)18)2-8(11,12)14(21)22/h1-2H2,(H,15,16)(H,17,18)/p-2. The molecule has 0 spiro atoms. The smallest absolute Gasteiger partial charge is 0.514 e. The highest BCUT2D eigenvalue weighted by Crippen LogP contribution is 2.30. The maximum atomic E-state index is 12.8. The molecule has 14 heteroatoms. The Balaban J connectivity index is 6.00. The van der Waals surface area contributed by atoms with Crippen molar-refractivity contribution in [3.63, 3.8) is 0 Å². The first-order chi connectivity index (χ1) is 9.72. The number of hydrogen-bond acceptors (Lipinski definition) is 8. The van der Waals surface area contributed by atoms with Crippen LogP contribution in [0.3, 0.4) is 0 Å². The van der Waals surface area contributed by atoms with Crippen molar-refractivity contribution in [1.82, 2.24) is 0 Å². The van der Waals surface area contributed by atoms with Gasteiger partial charge in [0.05, 0.1) is 21.8 Å². The largest absolute Gasteiger partial charge is 0.545 e. The number of rotatable bonds is 8. The number of carbonyl (C=O) groups excluding carboxylic acids is 2. The molecular weight excluding hydrogens is 328 g/mol. The zero-order valence-electron chi connectivity index (χ0n) is 10.1. The molecular formula is C8H4F4N2O8-2. The molecule has 0 aliphatic carbocycles. The first kappa shape index (κ1) is 19.2. The van der Waals surface area contributed by atoms with Crippen LogP contribution in [-0.2, 0) is 9.59 Å². The number of nitro groups is 2. The average Bonchev–Trinajstić information content (AvgIpc) is 2.32. The third kappa shape index (κ3) is 4.64. The van der Waals surface area contributed by atoms with Crippen LogP contribution in [0.5, 0.6) is 0 Å². The summed E-state index contributed by atoms with van der Waals surface area (Å²) in [4.78, 5) is 36.5. The monoisotopic (exact) mass is 332 g/mol. The van der Waals surface area contributed by atoms with Gasteiger partial charge in [-0.1, -0.05) is 0 Å². The molecule has 0 saturated heterocycles. The fourth-order valence-corrected chi connectivity index (χ4v) is 1.16. The fraction of sp³-hybridized carbons (Fsp3) is 0.500. The van der Waals surface area contributed by atoms with Crippen LogP contribution in [0.25, 0.3) is 0 Å². The molecule has 22 heavy (non-hydrogen) atoms. The van der Waals surface area contributed by atoms with Crippen molar-refractivity contribution in [2.45, 2.75) is 24.9 Å². The van der Waals surface area contributed by atoms with Crippen LogP contribution < -0.4 is 10.2 Å². The van der Waals surface area contributed by atoms with E-state index in [0.717, 1.165) is 0 Å². The summed E-state index contributed by atoms with van der Waals surface area (Å²) in [6.45, 7) is 0. The first-order valence-electron chi connectivity index (χ1n) is 4.91. The van der Waals surface area contributed by atoms with Crippen molar-refractivity contribution < 1.29 is 47.2 Å². The minimum absolute atomic E-state index is 2.11. The summed E-state index contributed by atoms with van der Waals surface area (Å²) < 4.78 is 51.3. The summed E-state index contributed by atoms with van der Waals surface area (Å²) >= 11 is 0. The van der Waals surface area contributed by atoms with Crippen LogP contribution in [0.15, 0.2) is 11.1 Å². The van der Waals surface area contributed by atoms with Crippen LogP contribution in [0.2, 0.25) is 0 Å². The second-order valence-corrected chi connectivity index (χ2v) is 3.73. The summed E-state index contributed by atoms with van der Waals surface area (Å²) in [5.74, 6) is -5.50. The summed E-state index contributed by atoms with van der Waals surface area (Å²) in [7, 11) is 0. The topological polar surface area (TPSA) is 167 Å². The number of nitrogens with zero attached hydrogens (tertiary/aromatic N) is 2. The van der Waals surface area contributed by atoms with Gasteiger partial charge in [0.1, 0.15) is 12.8 Å². The average molecular weight is 332 g/mol. The number of alkyl halides is 4. The van der Waals surface area contributed by atoms with E-state index in [1.54, 1.807) is 0 Å². The van der Waals surface area contributed by atoms with E-state index < -0.39 is 57.9 Å². The summed E-state index contributed by atoms with van der Waals surface area (Å²) in [6, 6.07) is -10.1. The van der Waals surface area contributed by atoms with Gasteiger partial charge in [-0.15, -0.1) is 17.6 Å². The normalized spacial score (nSPS) is 13.3. The number of hydrogen-bond donors (Lipinski definition) is 0. The van der Waals surface area contributed by atoms with E-state index in [-0.39, 0.29) is 0 Å². The molecule has 0 bridgehead atoms. The summed E-state index contributed by atoms with van der Waals surface area (Å²) in [5.41, 5.74) is -4.22. The van der Waals surface area contributed by atoms with Gasteiger partial charge in [-0.05, 0) is 11.1 Å². The predicted octanol–water partition coefficient (Wildman–Crippen LogP) is -1.70. The Morgan fingerprint density at radius 2 is 1.00 bits per heavy atom. The molecule has 0 heterocycles. The Bertz CT molecular complexity index is 510. The minimum atomic E-state index is -5.03. The van der Waals surface area contributed by atoms with Gasteiger partial charge >= 0.3 is 12.1 Å². The molecule has 0 amide bonds. The lowest BCUT2D eigenvalue weighted by Gasteiger charge is -2.19. The van der Waals surface area contributed by atoms with Gasteiger partial charge < -0.3 is 19.8 Å². The highest BCUT2D eigenvalue weighted by molar-refractivity contribution is 5.97. The Labute approximate surface area is 116 Å². The number of carbonyl (C=O) groups is 2. The van der Waals surface area contributed by atoms with E-state index in [2.05, 4.69) is 0 Å². The summed E-state index contributed by atoms with van der Waals surface area (Å²) in [6.07, 6.45) is -4.86. The van der Waals surface area contributed by atoms with Crippen LogP contribution >= 0.6 is 0 Å². The number of carboxylic acids is 2. The van der Waals surface area contributed by atoms with Crippen molar-refractivity contribution in [3.8, 4) is 0 Å². The van der Waals surface area contributed by atoms with E-state index in [9.17, 15) is 57.6 Å². The van der Waals surface area contributed by atoms with Gasteiger partial charge in [-0.3, -0.25) is 20.2 Å². The molecule has 0 aromatic rings. The molecule has 0 rings (SSSR count). The highest BCUT2D eigenvalue weighted by Gasteiger charge is 2.48. The lowest BCUT2D eigenvalue weighted by molar-refractivity contribution is -0.644. The van der Waals surface area contributed by atoms with Crippen molar-refractivity contribution >= 4 is 11.9 Å².